The molecule has 0 N–H and O–H groups in total. The average Bonchev–Trinajstić information content (AvgIpc) is 2.68. The number of hydrogen-bond acceptors (Lipinski definition) is 6. The first-order chi connectivity index (χ1) is 13.3. The summed E-state index contributed by atoms with van der Waals surface area (Å²) >= 11 is 0. The Morgan fingerprint density at radius 3 is 2.43 bits per heavy atom. The van der Waals surface area contributed by atoms with Crippen molar-refractivity contribution in [3.63, 3.8) is 0 Å². The molecule has 0 amide bonds. The van der Waals surface area contributed by atoms with Gasteiger partial charge in [0.05, 0.1) is 16.9 Å². The topological polar surface area (TPSA) is 99.0 Å². The molecule has 3 rings (SSSR count). The third kappa shape index (κ3) is 4.26. The fourth-order valence-electron chi connectivity index (χ4n) is 3.17. The summed E-state index contributed by atoms with van der Waals surface area (Å²) in [6.07, 6.45) is 1.75. The maximum Gasteiger partial charge on any atom is 0.312 e. The van der Waals surface area contributed by atoms with Gasteiger partial charge in [-0.3, -0.25) is 10.1 Å². The predicted molar refractivity (Wildman–Crippen MR) is 103 cm³/mol. The van der Waals surface area contributed by atoms with E-state index >= 15 is 0 Å². The van der Waals surface area contributed by atoms with Crippen LogP contribution in [0, 0.1) is 16.0 Å². The van der Waals surface area contributed by atoms with Crippen molar-refractivity contribution in [3.8, 4) is 17.2 Å². The van der Waals surface area contributed by atoms with Crippen LogP contribution in [-0.4, -0.2) is 37.8 Å². The van der Waals surface area contributed by atoms with Crippen molar-refractivity contribution in [1.82, 2.24) is 4.31 Å². The normalized spacial score (nSPS) is 17.9. The minimum atomic E-state index is -3.79. The summed E-state index contributed by atoms with van der Waals surface area (Å²) in [5.41, 5.74) is -0.401. The van der Waals surface area contributed by atoms with E-state index < -0.39 is 20.6 Å². The van der Waals surface area contributed by atoms with Gasteiger partial charge < -0.3 is 9.47 Å². The zero-order valence-corrected chi connectivity index (χ0v) is 16.5. The number of benzene rings is 2. The van der Waals surface area contributed by atoms with E-state index in [1.165, 1.54) is 23.5 Å². The van der Waals surface area contributed by atoms with Gasteiger partial charge in [-0.2, -0.15) is 4.31 Å². The Kier molecular flexibility index (Phi) is 5.85. The molecule has 0 spiro atoms. The van der Waals surface area contributed by atoms with Crippen LogP contribution in [-0.2, 0) is 10.0 Å². The van der Waals surface area contributed by atoms with Gasteiger partial charge in [-0.15, -0.1) is 0 Å². The Labute approximate surface area is 163 Å². The fourth-order valence-corrected chi connectivity index (χ4v) is 4.79. The molecule has 1 heterocycles. The number of piperidine rings is 1. The highest BCUT2D eigenvalue weighted by Crippen LogP contribution is 2.35. The number of hydrogen-bond donors (Lipinski definition) is 0. The van der Waals surface area contributed by atoms with Crippen molar-refractivity contribution < 1.29 is 22.8 Å². The van der Waals surface area contributed by atoms with Crippen LogP contribution >= 0.6 is 0 Å². The number of methoxy groups -OCH3 is 1. The van der Waals surface area contributed by atoms with Crippen LogP contribution in [0.25, 0.3) is 0 Å². The van der Waals surface area contributed by atoms with Crippen molar-refractivity contribution in [2.24, 2.45) is 5.92 Å². The van der Waals surface area contributed by atoms with E-state index in [2.05, 4.69) is 0 Å². The van der Waals surface area contributed by atoms with Crippen LogP contribution in [0.15, 0.2) is 47.4 Å². The quantitative estimate of drug-likeness (QED) is 0.534. The van der Waals surface area contributed by atoms with E-state index in [4.69, 9.17) is 9.47 Å². The summed E-state index contributed by atoms with van der Waals surface area (Å²) in [5, 5.41) is 11.5. The summed E-state index contributed by atoms with van der Waals surface area (Å²) < 4.78 is 37.8. The molecule has 1 aliphatic heterocycles. The van der Waals surface area contributed by atoms with Gasteiger partial charge in [0.25, 0.3) is 0 Å². The molecule has 0 aliphatic carbocycles. The lowest BCUT2D eigenvalue weighted by Gasteiger charge is -2.30. The predicted octanol–water partition coefficient (Wildman–Crippen LogP) is 3.82. The summed E-state index contributed by atoms with van der Waals surface area (Å²) in [7, 11) is -2.26. The SMILES string of the molecule is COc1ccc(Oc2ccc(S(=O)(=O)N3CCC[C@H](C)C3)cc2[N+](=O)[O-])cc1. The smallest absolute Gasteiger partial charge is 0.312 e. The fraction of sp³-hybridized carbons (Fsp3) is 0.368. The lowest BCUT2D eigenvalue weighted by Crippen LogP contribution is -2.39. The monoisotopic (exact) mass is 406 g/mol. The van der Waals surface area contributed by atoms with E-state index in [1.807, 2.05) is 6.92 Å². The molecule has 2 aromatic carbocycles. The molecular weight excluding hydrogens is 384 g/mol. The molecule has 0 aromatic heterocycles. The number of rotatable bonds is 6. The number of nitrogens with zero attached hydrogens (tertiary/aromatic N) is 2. The van der Waals surface area contributed by atoms with E-state index in [9.17, 15) is 18.5 Å². The molecule has 0 radical (unpaired) electrons. The maximum absolute atomic E-state index is 12.9. The van der Waals surface area contributed by atoms with Crippen molar-refractivity contribution in [2.45, 2.75) is 24.7 Å². The minimum Gasteiger partial charge on any atom is -0.497 e. The van der Waals surface area contributed by atoms with E-state index in [-0.39, 0.29) is 16.6 Å². The zero-order valence-electron chi connectivity index (χ0n) is 15.7. The summed E-state index contributed by atoms with van der Waals surface area (Å²) in [5.74, 6) is 1.24. The number of ether oxygens (including phenoxy) is 2. The second kappa shape index (κ2) is 8.15. The van der Waals surface area contributed by atoms with Crippen LogP contribution in [0.2, 0.25) is 0 Å². The summed E-state index contributed by atoms with van der Waals surface area (Å²) in [6.45, 7) is 2.83. The van der Waals surface area contributed by atoms with Gasteiger partial charge in [0.2, 0.25) is 15.8 Å². The lowest BCUT2D eigenvalue weighted by molar-refractivity contribution is -0.385. The van der Waals surface area contributed by atoms with E-state index in [1.54, 1.807) is 24.3 Å². The molecule has 150 valence electrons. The van der Waals surface area contributed by atoms with Crippen molar-refractivity contribution >= 4 is 15.7 Å². The second-order valence-corrected chi connectivity index (χ2v) is 8.71. The molecule has 1 aliphatic rings. The molecule has 1 fully saturated rings. The highest BCUT2D eigenvalue weighted by atomic mass is 32.2. The van der Waals surface area contributed by atoms with Gasteiger partial charge in [0, 0.05) is 19.2 Å². The van der Waals surface area contributed by atoms with Crippen molar-refractivity contribution in [2.75, 3.05) is 20.2 Å². The van der Waals surface area contributed by atoms with Crippen LogP contribution in [0.1, 0.15) is 19.8 Å². The lowest BCUT2D eigenvalue weighted by atomic mass is 10.0. The van der Waals surface area contributed by atoms with E-state index in [0.29, 0.717) is 24.6 Å². The first-order valence-corrected chi connectivity index (χ1v) is 10.4. The third-order valence-corrected chi connectivity index (χ3v) is 6.53. The highest BCUT2D eigenvalue weighted by molar-refractivity contribution is 7.89. The molecule has 0 unspecified atom stereocenters. The number of nitro benzene ring substituents is 1. The third-order valence-electron chi connectivity index (χ3n) is 4.67. The Hall–Kier alpha value is -2.65. The van der Waals surface area contributed by atoms with E-state index in [0.717, 1.165) is 18.9 Å². The van der Waals surface area contributed by atoms with Crippen LogP contribution in [0.4, 0.5) is 5.69 Å². The Bertz CT molecular complexity index is 959. The molecule has 1 saturated heterocycles. The van der Waals surface area contributed by atoms with Gasteiger partial charge >= 0.3 is 5.69 Å². The van der Waals surface area contributed by atoms with Gasteiger partial charge in [-0.1, -0.05) is 6.92 Å². The number of nitro groups is 1. The molecule has 9 heteroatoms. The molecule has 28 heavy (non-hydrogen) atoms. The molecule has 0 bridgehead atoms. The standard InChI is InChI=1S/C19H22N2O6S/c1-14-4-3-11-20(13-14)28(24,25)17-9-10-19(18(12-17)21(22)23)27-16-7-5-15(26-2)6-8-16/h5-10,12,14H,3-4,11,13H2,1-2H3/t14-/m0/s1. The van der Waals surface area contributed by atoms with Gasteiger partial charge in [0.1, 0.15) is 11.5 Å². The van der Waals surface area contributed by atoms with Crippen molar-refractivity contribution in [1.29, 1.82) is 0 Å². The molecule has 8 nitrogen and oxygen atoms in total. The molecular formula is C19H22N2O6S. The molecule has 0 saturated carbocycles. The molecule has 2 aromatic rings. The average molecular weight is 406 g/mol. The van der Waals surface area contributed by atoms with Crippen LogP contribution in [0.5, 0.6) is 17.2 Å². The number of sulfonamides is 1. The largest absolute Gasteiger partial charge is 0.497 e. The van der Waals surface area contributed by atoms with Gasteiger partial charge in [-0.25, -0.2) is 8.42 Å². The summed E-state index contributed by atoms with van der Waals surface area (Å²) in [6, 6.07) is 10.3. The first kappa shape index (κ1) is 20.1. The Morgan fingerprint density at radius 2 is 1.82 bits per heavy atom. The first-order valence-electron chi connectivity index (χ1n) is 8.92. The van der Waals surface area contributed by atoms with Crippen LogP contribution < -0.4 is 9.47 Å². The zero-order chi connectivity index (χ0) is 20.3. The Morgan fingerprint density at radius 1 is 1.14 bits per heavy atom. The van der Waals surface area contributed by atoms with Gasteiger partial charge in [-0.05, 0) is 55.2 Å². The van der Waals surface area contributed by atoms with Crippen LogP contribution in [0.3, 0.4) is 0 Å². The van der Waals surface area contributed by atoms with Gasteiger partial charge in [0.15, 0.2) is 0 Å². The summed E-state index contributed by atoms with van der Waals surface area (Å²) in [4.78, 5) is 10.8. The second-order valence-electron chi connectivity index (χ2n) is 6.77. The van der Waals surface area contributed by atoms with Crippen molar-refractivity contribution in [3.05, 3.63) is 52.6 Å². The maximum atomic E-state index is 12.9. The Balaban J connectivity index is 1.91. The minimum absolute atomic E-state index is 0.0267. The molecule has 1 atom stereocenters. The highest BCUT2D eigenvalue weighted by Gasteiger charge is 2.31.